The Hall–Kier alpha value is -1.14. The molecule has 0 spiro atoms. The molecule has 4 aliphatic heterocycles. The molecule has 4 saturated carbocycles. The summed E-state index contributed by atoms with van der Waals surface area (Å²) in [4.78, 5) is 0. The van der Waals surface area contributed by atoms with Crippen LogP contribution in [0.5, 0.6) is 0 Å². The van der Waals surface area contributed by atoms with Crippen LogP contribution in [0.2, 0.25) is 0 Å². The second-order valence-electron chi connectivity index (χ2n) is 20.9. The first-order valence-electron chi connectivity index (χ1n) is 23.5. The average Bonchev–Trinajstić information content (AvgIpc) is 3.76. The number of rotatable bonds is 13. The normalized spacial score (nSPS) is 52.7. The minimum absolute atomic E-state index is 0.0928. The maximum Gasteiger partial charge on any atom is 0.187 e. The Balaban J connectivity index is 0.872. The van der Waals surface area contributed by atoms with Crippen molar-refractivity contribution in [2.24, 2.45) is 46.3 Å². The third kappa shape index (κ3) is 8.68. The molecule has 8 aliphatic rings. The van der Waals surface area contributed by atoms with Gasteiger partial charge in [0.1, 0.15) is 79.4 Å². The quantitative estimate of drug-likeness (QED) is 0.101. The molecule has 3 saturated heterocycles. The fourth-order valence-corrected chi connectivity index (χ4v) is 13.7. The minimum Gasteiger partial charge on any atom is -0.494 e. The first kappa shape index (κ1) is 48.3. The lowest BCUT2D eigenvalue weighted by molar-refractivity contribution is -0.373. The van der Waals surface area contributed by atoms with Crippen molar-refractivity contribution >= 4 is 0 Å². The van der Waals surface area contributed by atoms with E-state index in [9.17, 15) is 56.2 Å². The minimum atomic E-state index is -1.74. The van der Waals surface area contributed by atoms with E-state index in [2.05, 4.69) is 27.7 Å². The highest BCUT2D eigenvalue weighted by Gasteiger charge is 2.65. The predicted molar refractivity (Wildman–Crippen MR) is 218 cm³/mol. The van der Waals surface area contributed by atoms with E-state index in [0.29, 0.717) is 29.6 Å². The van der Waals surface area contributed by atoms with Gasteiger partial charge in [-0.25, -0.2) is 0 Å². The molecular formula is C45H74O18. The van der Waals surface area contributed by atoms with Gasteiger partial charge in [-0.05, 0) is 111 Å². The zero-order valence-corrected chi connectivity index (χ0v) is 37.0. The predicted octanol–water partition coefficient (Wildman–Crippen LogP) is -0.830. The van der Waals surface area contributed by atoms with Crippen LogP contribution in [0.25, 0.3) is 0 Å². The Bertz CT molecular complexity index is 1580. The van der Waals surface area contributed by atoms with Crippen molar-refractivity contribution in [1.82, 2.24) is 0 Å². The summed E-state index contributed by atoms with van der Waals surface area (Å²) in [6, 6.07) is 0. The average molecular weight is 903 g/mol. The third-order valence-corrected chi connectivity index (χ3v) is 17.4. The van der Waals surface area contributed by atoms with E-state index < -0.39 is 112 Å². The molecule has 7 fully saturated rings. The van der Waals surface area contributed by atoms with Gasteiger partial charge < -0.3 is 89.3 Å². The van der Waals surface area contributed by atoms with Crippen molar-refractivity contribution in [3.05, 3.63) is 11.3 Å². The molecule has 18 nitrogen and oxygen atoms in total. The molecule has 0 aromatic heterocycles. The molecule has 8 rings (SSSR count). The van der Waals surface area contributed by atoms with Gasteiger partial charge in [0.05, 0.1) is 38.3 Å². The van der Waals surface area contributed by atoms with Crippen molar-refractivity contribution in [3.63, 3.8) is 0 Å². The Morgan fingerprint density at radius 2 is 1.22 bits per heavy atom. The summed E-state index contributed by atoms with van der Waals surface area (Å²) in [5, 5.41) is 113. The van der Waals surface area contributed by atoms with Crippen LogP contribution in [-0.4, -0.2) is 187 Å². The molecule has 0 aromatic carbocycles. The smallest absolute Gasteiger partial charge is 0.187 e. The number of aliphatic hydroxyl groups is 11. The van der Waals surface area contributed by atoms with Crippen LogP contribution in [-0.2, 0) is 33.2 Å². The van der Waals surface area contributed by atoms with Gasteiger partial charge in [0.25, 0.3) is 0 Å². The van der Waals surface area contributed by atoms with Crippen molar-refractivity contribution < 1.29 is 89.3 Å². The molecule has 0 bridgehead atoms. The maximum atomic E-state index is 11.2. The highest BCUT2D eigenvalue weighted by Crippen LogP contribution is 2.70. The highest BCUT2D eigenvalue weighted by molar-refractivity contribution is 5.26. The molecule has 25 atom stereocenters. The molecule has 11 N–H and O–H groups in total. The molecule has 0 unspecified atom stereocenters. The monoisotopic (exact) mass is 902 g/mol. The second kappa shape index (κ2) is 19.1. The highest BCUT2D eigenvalue weighted by atomic mass is 16.8. The van der Waals surface area contributed by atoms with E-state index in [0.717, 1.165) is 70.0 Å². The van der Waals surface area contributed by atoms with Gasteiger partial charge in [0, 0.05) is 12.3 Å². The van der Waals surface area contributed by atoms with Crippen LogP contribution < -0.4 is 0 Å². The Morgan fingerprint density at radius 3 is 1.87 bits per heavy atom. The lowest BCUT2D eigenvalue weighted by atomic mass is 9.44. The fraction of sp³-hybridized carbons (Fsp3) is 0.956. The van der Waals surface area contributed by atoms with Crippen molar-refractivity contribution in [2.75, 3.05) is 26.4 Å². The van der Waals surface area contributed by atoms with Crippen LogP contribution in [0.1, 0.15) is 91.9 Å². The molecular weight excluding hydrogens is 828 g/mol. The number of aliphatic hydroxyl groups excluding tert-OH is 11. The summed E-state index contributed by atoms with van der Waals surface area (Å²) in [7, 11) is 0. The van der Waals surface area contributed by atoms with Crippen LogP contribution >= 0.6 is 0 Å². The molecule has 63 heavy (non-hydrogen) atoms. The van der Waals surface area contributed by atoms with Gasteiger partial charge in [-0.1, -0.05) is 20.8 Å². The molecule has 0 amide bonds. The molecule has 0 aromatic rings. The summed E-state index contributed by atoms with van der Waals surface area (Å²) < 4.78 is 42.2. The van der Waals surface area contributed by atoms with Crippen LogP contribution in [0.3, 0.4) is 0 Å². The summed E-state index contributed by atoms with van der Waals surface area (Å²) >= 11 is 0. The number of hydrogen-bond acceptors (Lipinski definition) is 18. The molecule has 0 radical (unpaired) electrons. The van der Waals surface area contributed by atoms with E-state index in [1.807, 2.05) is 0 Å². The molecule has 4 aliphatic carbocycles. The van der Waals surface area contributed by atoms with Gasteiger partial charge in [-0.2, -0.15) is 0 Å². The number of allylic oxidation sites excluding steroid dienone is 1. The fourth-order valence-electron chi connectivity index (χ4n) is 13.7. The first-order chi connectivity index (χ1) is 29.9. The van der Waals surface area contributed by atoms with E-state index in [-0.39, 0.29) is 35.6 Å². The van der Waals surface area contributed by atoms with Crippen LogP contribution in [0.15, 0.2) is 11.3 Å². The van der Waals surface area contributed by atoms with Gasteiger partial charge in [0.2, 0.25) is 0 Å². The third-order valence-electron chi connectivity index (χ3n) is 17.4. The van der Waals surface area contributed by atoms with Crippen molar-refractivity contribution in [3.8, 4) is 0 Å². The van der Waals surface area contributed by atoms with E-state index in [1.54, 1.807) is 0 Å². The number of ether oxygens (including phenoxy) is 7. The summed E-state index contributed by atoms with van der Waals surface area (Å²) in [6.07, 6.45) is -12.1. The van der Waals surface area contributed by atoms with Gasteiger partial charge >= 0.3 is 0 Å². The number of hydrogen-bond donors (Lipinski definition) is 11. The van der Waals surface area contributed by atoms with E-state index >= 15 is 0 Å². The van der Waals surface area contributed by atoms with Gasteiger partial charge in [-0.15, -0.1) is 0 Å². The summed E-state index contributed by atoms with van der Waals surface area (Å²) in [6.45, 7) is 7.74. The number of fused-ring (bicyclic) bond motifs is 7. The largest absolute Gasteiger partial charge is 0.494 e. The summed E-state index contributed by atoms with van der Waals surface area (Å²) in [5.74, 6) is 3.56. The maximum absolute atomic E-state index is 11.2. The van der Waals surface area contributed by atoms with E-state index in [1.165, 1.54) is 5.57 Å². The Kier molecular flexibility index (Phi) is 14.6. The SMILES string of the molecule is CC1=C(CC[C@H](C)CO[C@@H]2O[C@H](CO)[C@@H](O)[C@H](O)[C@H]2O)O[C@H]2C[C@H]3[C@H]4CC[C@@H]5C[C@H](O[C@@H]6O[C@H](CO)[C@H](O)[C@H](O)[C@H]6O[C@@H]6O[C@H](CO)[C@@H](O)[C@H](O)[C@H]6O)CC[C@]5(C)[C@@H]4CC[C@]3(C)[C@@H]12. The van der Waals surface area contributed by atoms with Crippen LogP contribution in [0.4, 0.5) is 0 Å². The lowest BCUT2D eigenvalue weighted by Gasteiger charge is -2.61. The zero-order valence-electron chi connectivity index (χ0n) is 37.0. The van der Waals surface area contributed by atoms with Gasteiger partial charge in [0.15, 0.2) is 18.9 Å². The second-order valence-corrected chi connectivity index (χ2v) is 20.9. The molecule has 18 heteroatoms. The van der Waals surface area contributed by atoms with Crippen LogP contribution in [0, 0.1) is 46.3 Å². The zero-order chi connectivity index (χ0) is 45.3. The lowest BCUT2D eigenvalue weighted by Crippen LogP contribution is -2.65. The summed E-state index contributed by atoms with van der Waals surface area (Å²) in [5.41, 5.74) is 1.57. The van der Waals surface area contributed by atoms with E-state index in [4.69, 9.17) is 33.2 Å². The van der Waals surface area contributed by atoms with Gasteiger partial charge in [-0.3, -0.25) is 0 Å². The Labute approximate surface area is 369 Å². The molecule has 4 heterocycles. The topological polar surface area (TPSA) is 287 Å². The van der Waals surface area contributed by atoms with Crippen molar-refractivity contribution in [2.45, 2.75) is 196 Å². The first-order valence-corrected chi connectivity index (χ1v) is 23.5. The molecule has 362 valence electrons. The Morgan fingerprint density at radius 1 is 0.635 bits per heavy atom. The van der Waals surface area contributed by atoms with Crippen molar-refractivity contribution in [1.29, 1.82) is 0 Å². The standard InChI is InChI=1S/C45H74O18/c1-19(18-57-41-38(55)35(52)32(49)28(15-46)60-41)5-8-26-20(2)31-27(59-26)14-25-23-7-6-21-13-22(9-11-44(21,3)24(23)10-12-45(25,31)4)58-43-40(37(54)34(51)30(17-48)62-43)63-42-39(56)36(53)33(50)29(16-47)61-42/h19,21-25,27-43,46-56H,5-18H2,1-4H3/t19-,21+,22+,23-,24+,25-,27-,28+,29+,30+,31-,32+,33+,34-,35-,36-,37-,38+,39+,40+,41+,42-,43+,44-,45-/m0/s1.